The van der Waals surface area contributed by atoms with Crippen LogP contribution in [0.1, 0.15) is 17.7 Å². The lowest BCUT2D eigenvalue weighted by molar-refractivity contribution is -0.116. The minimum Gasteiger partial charge on any atom is -0.325 e. The van der Waals surface area contributed by atoms with Crippen LogP contribution >= 0.6 is 23.2 Å². The first-order valence-electron chi connectivity index (χ1n) is 7.12. The molecule has 0 saturated heterocycles. The molecule has 124 valence electrons. The summed E-state index contributed by atoms with van der Waals surface area (Å²) in [4.78, 5) is 32.6. The number of H-pyrrole nitrogens is 1. The Kier molecular flexibility index (Phi) is 4.55. The summed E-state index contributed by atoms with van der Waals surface area (Å²) in [6, 6.07) is 4.81. The lowest BCUT2D eigenvalue weighted by Gasteiger charge is -2.08. The van der Waals surface area contributed by atoms with Crippen molar-refractivity contribution in [1.82, 2.24) is 19.6 Å². The van der Waals surface area contributed by atoms with Crippen molar-refractivity contribution in [2.45, 2.75) is 19.8 Å². The second-order valence-electron chi connectivity index (χ2n) is 5.18. The summed E-state index contributed by atoms with van der Waals surface area (Å²) in [7, 11) is 0. The van der Waals surface area contributed by atoms with Crippen molar-refractivity contribution in [3.8, 4) is 0 Å². The van der Waals surface area contributed by atoms with Crippen molar-refractivity contribution in [3.63, 3.8) is 0 Å². The van der Waals surface area contributed by atoms with E-state index in [2.05, 4.69) is 20.4 Å². The summed E-state index contributed by atoms with van der Waals surface area (Å²) in [6.45, 7) is 1.72. The monoisotopic (exact) mass is 365 g/mol. The Balaban J connectivity index is 1.73. The normalized spacial score (nSPS) is 11.0. The fraction of sp³-hybridized carbons (Fsp3) is 0.200. The smallest absolute Gasteiger partial charge is 0.277 e. The summed E-state index contributed by atoms with van der Waals surface area (Å²) in [6.07, 6.45) is 1.77. The highest BCUT2D eigenvalue weighted by molar-refractivity contribution is 6.36. The first kappa shape index (κ1) is 16.5. The molecule has 2 heterocycles. The second kappa shape index (κ2) is 6.62. The molecule has 0 unspecified atom stereocenters. The van der Waals surface area contributed by atoms with Crippen molar-refractivity contribution in [2.24, 2.45) is 0 Å². The number of amides is 1. The van der Waals surface area contributed by atoms with Gasteiger partial charge in [-0.25, -0.2) is 9.97 Å². The fourth-order valence-corrected chi connectivity index (χ4v) is 2.78. The van der Waals surface area contributed by atoms with Crippen LogP contribution in [-0.2, 0) is 11.2 Å². The van der Waals surface area contributed by atoms with Gasteiger partial charge in [-0.05, 0) is 31.5 Å². The molecule has 0 radical (unpaired) electrons. The van der Waals surface area contributed by atoms with Crippen molar-refractivity contribution < 1.29 is 4.79 Å². The Bertz CT molecular complexity index is 980. The highest BCUT2D eigenvalue weighted by Crippen LogP contribution is 2.25. The van der Waals surface area contributed by atoms with Gasteiger partial charge in [0.15, 0.2) is 0 Å². The number of anilines is 1. The van der Waals surface area contributed by atoms with Gasteiger partial charge < -0.3 is 5.32 Å². The topological polar surface area (TPSA) is 92.2 Å². The van der Waals surface area contributed by atoms with E-state index in [0.717, 1.165) is 0 Å². The fourth-order valence-electron chi connectivity index (χ4n) is 2.33. The number of aryl methyl sites for hydroxylation is 1. The van der Waals surface area contributed by atoms with Crippen LogP contribution < -0.4 is 10.9 Å². The lowest BCUT2D eigenvalue weighted by atomic mass is 10.1. The van der Waals surface area contributed by atoms with Crippen molar-refractivity contribution in [1.29, 1.82) is 0 Å². The number of fused-ring (bicyclic) bond motifs is 1. The predicted molar refractivity (Wildman–Crippen MR) is 91.8 cm³/mol. The Morgan fingerprint density at radius 3 is 2.92 bits per heavy atom. The molecule has 3 rings (SSSR count). The summed E-state index contributed by atoms with van der Waals surface area (Å²) >= 11 is 11.8. The summed E-state index contributed by atoms with van der Waals surface area (Å²) in [5, 5.41) is 6.24. The van der Waals surface area contributed by atoms with Gasteiger partial charge in [0, 0.05) is 17.0 Å². The molecule has 1 amide bonds. The van der Waals surface area contributed by atoms with Crippen LogP contribution in [0.2, 0.25) is 10.0 Å². The number of rotatable bonds is 4. The van der Waals surface area contributed by atoms with Crippen molar-refractivity contribution >= 4 is 40.6 Å². The third kappa shape index (κ3) is 3.27. The van der Waals surface area contributed by atoms with Crippen LogP contribution in [0.4, 0.5) is 5.69 Å². The van der Waals surface area contributed by atoms with Gasteiger partial charge >= 0.3 is 0 Å². The number of carbonyl (C=O) groups is 1. The van der Waals surface area contributed by atoms with Crippen LogP contribution in [0, 0.1) is 6.92 Å². The highest BCUT2D eigenvalue weighted by atomic mass is 35.5. The minimum absolute atomic E-state index is 0.122. The first-order valence-corrected chi connectivity index (χ1v) is 7.88. The summed E-state index contributed by atoms with van der Waals surface area (Å²) in [5.74, 6) is 0.0476. The van der Waals surface area contributed by atoms with Gasteiger partial charge in [-0.2, -0.15) is 4.52 Å². The number of halogens is 2. The summed E-state index contributed by atoms with van der Waals surface area (Å²) in [5.41, 5.74) is 1.24. The standard InChI is InChI=1S/C15H13Cl2N5O2/c1-8-10(14(24)22-15(20-8)18-7-19-22)3-5-13(23)21-12-4-2-9(16)6-11(12)17/h2,4,6-7H,3,5H2,1H3,(H,21,23)(H,18,19,20). The zero-order valence-electron chi connectivity index (χ0n) is 12.6. The van der Waals surface area contributed by atoms with E-state index < -0.39 is 0 Å². The van der Waals surface area contributed by atoms with E-state index in [1.807, 2.05) is 0 Å². The average Bonchev–Trinajstić information content (AvgIpc) is 2.98. The SMILES string of the molecule is Cc1nc2nc[nH]n2c(=O)c1CCC(=O)Nc1ccc(Cl)cc1Cl. The van der Waals surface area contributed by atoms with E-state index in [1.165, 1.54) is 10.8 Å². The molecule has 7 nitrogen and oxygen atoms in total. The van der Waals surface area contributed by atoms with Gasteiger partial charge in [0.1, 0.15) is 6.33 Å². The van der Waals surface area contributed by atoms with Crippen molar-refractivity contribution in [2.75, 3.05) is 5.32 Å². The van der Waals surface area contributed by atoms with Crippen molar-refractivity contribution in [3.05, 3.63) is 56.2 Å². The molecule has 0 aliphatic heterocycles. The van der Waals surface area contributed by atoms with Gasteiger partial charge in [0.05, 0.1) is 16.4 Å². The van der Waals surface area contributed by atoms with Crippen LogP contribution in [0.3, 0.4) is 0 Å². The van der Waals surface area contributed by atoms with Crippen LogP contribution in [0.25, 0.3) is 5.78 Å². The Morgan fingerprint density at radius 2 is 2.17 bits per heavy atom. The Labute approximate surface area is 146 Å². The molecule has 9 heteroatoms. The van der Waals surface area contributed by atoms with Crippen LogP contribution in [0.15, 0.2) is 29.3 Å². The first-order chi connectivity index (χ1) is 11.5. The van der Waals surface area contributed by atoms with Gasteiger partial charge in [0.2, 0.25) is 5.91 Å². The molecular formula is C15H13Cl2N5O2. The maximum atomic E-state index is 12.4. The molecule has 0 saturated carbocycles. The number of nitrogens with one attached hydrogen (secondary N) is 2. The van der Waals surface area contributed by atoms with E-state index in [1.54, 1.807) is 25.1 Å². The third-order valence-corrected chi connectivity index (χ3v) is 4.09. The molecule has 1 aromatic carbocycles. The van der Waals surface area contributed by atoms with E-state index >= 15 is 0 Å². The number of hydrogen-bond acceptors (Lipinski definition) is 4. The molecule has 2 N–H and O–H groups in total. The Morgan fingerprint density at radius 1 is 1.38 bits per heavy atom. The number of hydrogen-bond donors (Lipinski definition) is 2. The summed E-state index contributed by atoms with van der Waals surface area (Å²) < 4.78 is 1.25. The van der Waals surface area contributed by atoms with E-state index in [-0.39, 0.29) is 24.3 Å². The number of aromatic amines is 1. The predicted octanol–water partition coefficient (Wildman–Crippen LogP) is 2.60. The quantitative estimate of drug-likeness (QED) is 0.743. The maximum absolute atomic E-state index is 12.4. The number of aromatic nitrogens is 4. The highest BCUT2D eigenvalue weighted by Gasteiger charge is 2.13. The Hall–Kier alpha value is -2.38. The molecule has 0 bridgehead atoms. The van der Waals surface area contributed by atoms with Gasteiger partial charge in [-0.3, -0.25) is 14.7 Å². The minimum atomic E-state index is -0.257. The van der Waals surface area contributed by atoms with Gasteiger partial charge in [0.25, 0.3) is 11.3 Å². The largest absolute Gasteiger partial charge is 0.325 e. The number of benzene rings is 1. The van der Waals surface area contributed by atoms with Gasteiger partial charge in [-0.1, -0.05) is 23.2 Å². The molecule has 0 fully saturated rings. The number of carbonyl (C=O) groups excluding carboxylic acids is 1. The number of nitrogens with zero attached hydrogens (tertiary/aromatic N) is 3. The van der Waals surface area contributed by atoms with E-state index in [0.29, 0.717) is 32.8 Å². The third-order valence-electron chi connectivity index (χ3n) is 3.54. The van der Waals surface area contributed by atoms with E-state index in [9.17, 15) is 9.59 Å². The average molecular weight is 366 g/mol. The second-order valence-corrected chi connectivity index (χ2v) is 6.02. The molecule has 24 heavy (non-hydrogen) atoms. The zero-order valence-corrected chi connectivity index (χ0v) is 14.1. The van der Waals surface area contributed by atoms with E-state index in [4.69, 9.17) is 23.2 Å². The molecule has 0 aliphatic carbocycles. The molecule has 0 spiro atoms. The molecule has 3 aromatic rings. The molecule has 2 aromatic heterocycles. The molecule has 0 aliphatic rings. The van der Waals surface area contributed by atoms with Gasteiger partial charge in [-0.15, -0.1) is 0 Å². The lowest BCUT2D eigenvalue weighted by Crippen LogP contribution is -2.23. The molecule has 0 atom stereocenters. The maximum Gasteiger partial charge on any atom is 0.277 e. The zero-order chi connectivity index (χ0) is 17.3. The van der Waals surface area contributed by atoms with Crippen LogP contribution in [0.5, 0.6) is 0 Å². The van der Waals surface area contributed by atoms with Crippen LogP contribution in [-0.4, -0.2) is 25.5 Å². The molecular weight excluding hydrogens is 353 g/mol.